The smallest absolute Gasteiger partial charge is 0.127 e. The van der Waals surface area contributed by atoms with Crippen LogP contribution in [-0.2, 0) is 10.2 Å². The Morgan fingerprint density at radius 1 is 1.35 bits per heavy atom. The van der Waals surface area contributed by atoms with E-state index in [-0.39, 0.29) is 16.8 Å². The molecule has 1 aromatic carbocycles. The summed E-state index contributed by atoms with van der Waals surface area (Å²) >= 11 is 0. The van der Waals surface area contributed by atoms with Crippen molar-refractivity contribution in [3.05, 3.63) is 35.6 Å². The van der Waals surface area contributed by atoms with Crippen LogP contribution in [0.4, 0.5) is 4.39 Å². The minimum absolute atomic E-state index is 0.134. The Morgan fingerprint density at radius 3 is 2.47 bits per heavy atom. The topological polar surface area (TPSA) is 35.2 Å². The second kappa shape index (κ2) is 4.39. The van der Waals surface area contributed by atoms with E-state index >= 15 is 0 Å². The van der Waals surface area contributed by atoms with Crippen molar-refractivity contribution in [2.45, 2.75) is 37.6 Å². The standard InChI is InChI=1S/C14H20FNO/c1-13(2,16)7-8-14(9-17-10-14)11-5-3-4-6-12(11)15/h3-6H,7-10,16H2,1-2H3. The number of hydrogen-bond acceptors (Lipinski definition) is 2. The molecule has 0 spiro atoms. The van der Waals surface area contributed by atoms with Gasteiger partial charge < -0.3 is 10.5 Å². The van der Waals surface area contributed by atoms with Gasteiger partial charge in [-0.05, 0) is 38.3 Å². The van der Waals surface area contributed by atoms with Crippen LogP contribution in [0.3, 0.4) is 0 Å². The summed E-state index contributed by atoms with van der Waals surface area (Å²) in [6.45, 7) is 5.21. The van der Waals surface area contributed by atoms with Gasteiger partial charge in [0, 0.05) is 11.0 Å². The summed E-state index contributed by atoms with van der Waals surface area (Å²) in [6.07, 6.45) is 1.74. The van der Waals surface area contributed by atoms with E-state index in [1.807, 2.05) is 26.0 Å². The van der Waals surface area contributed by atoms with Crippen molar-refractivity contribution in [3.63, 3.8) is 0 Å². The molecule has 2 N–H and O–H groups in total. The van der Waals surface area contributed by atoms with Crippen LogP contribution in [0.25, 0.3) is 0 Å². The molecule has 2 rings (SSSR count). The van der Waals surface area contributed by atoms with E-state index in [2.05, 4.69) is 0 Å². The van der Waals surface area contributed by atoms with E-state index in [0.717, 1.165) is 18.4 Å². The third-order valence-electron chi connectivity index (χ3n) is 3.45. The molecule has 0 aromatic heterocycles. The highest BCUT2D eigenvalue weighted by molar-refractivity contribution is 5.29. The molecule has 3 heteroatoms. The van der Waals surface area contributed by atoms with E-state index in [1.165, 1.54) is 6.07 Å². The van der Waals surface area contributed by atoms with Crippen molar-refractivity contribution in [1.82, 2.24) is 0 Å². The molecule has 1 saturated heterocycles. The second-order valence-corrected chi connectivity index (χ2v) is 5.74. The Kier molecular flexibility index (Phi) is 3.23. The predicted octanol–water partition coefficient (Wildman–Crippen LogP) is 2.61. The van der Waals surface area contributed by atoms with Gasteiger partial charge in [0.1, 0.15) is 5.82 Å². The quantitative estimate of drug-likeness (QED) is 0.873. The molecular weight excluding hydrogens is 217 g/mol. The number of rotatable bonds is 4. The molecule has 0 saturated carbocycles. The first-order chi connectivity index (χ1) is 7.93. The van der Waals surface area contributed by atoms with Gasteiger partial charge in [-0.15, -0.1) is 0 Å². The molecule has 1 aliphatic rings. The van der Waals surface area contributed by atoms with E-state index in [4.69, 9.17) is 10.5 Å². The molecule has 1 aliphatic heterocycles. The summed E-state index contributed by atoms with van der Waals surface area (Å²) in [5.41, 5.74) is 6.40. The van der Waals surface area contributed by atoms with E-state index in [1.54, 1.807) is 6.07 Å². The maximum atomic E-state index is 13.8. The van der Waals surface area contributed by atoms with E-state index in [0.29, 0.717) is 13.2 Å². The molecule has 1 fully saturated rings. The van der Waals surface area contributed by atoms with Crippen LogP contribution >= 0.6 is 0 Å². The monoisotopic (exact) mass is 237 g/mol. The van der Waals surface area contributed by atoms with Crippen molar-refractivity contribution in [3.8, 4) is 0 Å². The number of ether oxygens (including phenoxy) is 1. The van der Waals surface area contributed by atoms with Crippen molar-refractivity contribution in [2.75, 3.05) is 13.2 Å². The van der Waals surface area contributed by atoms with Gasteiger partial charge in [0.15, 0.2) is 0 Å². The van der Waals surface area contributed by atoms with Crippen LogP contribution in [0.5, 0.6) is 0 Å². The molecule has 0 amide bonds. The van der Waals surface area contributed by atoms with Gasteiger partial charge in [-0.2, -0.15) is 0 Å². The summed E-state index contributed by atoms with van der Waals surface area (Å²) < 4.78 is 19.1. The number of benzene rings is 1. The van der Waals surface area contributed by atoms with E-state index in [9.17, 15) is 4.39 Å². The summed E-state index contributed by atoms with van der Waals surface area (Å²) in [6, 6.07) is 6.98. The van der Waals surface area contributed by atoms with Crippen LogP contribution in [0.1, 0.15) is 32.3 Å². The SMILES string of the molecule is CC(C)(N)CCC1(c2ccccc2F)COC1. The van der Waals surface area contributed by atoms with Crippen LogP contribution in [0, 0.1) is 5.82 Å². The van der Waals surface area contributed by atoms with Crippen LogP contribution in [-0.4, -0.2) is 18.8 Å². The molecule has 0 aliphatic carbocycles. The molecular formula is C14H20FNO. The van der Waals surface area contributed by atoms with Crippen LogP contribution in [0.2, 0.25) is 0 Å². The van der Waals surface area contributed by atoms with Gasteiger partial charge in [0.05, 0.1) is 13.2 Å². The van der Waals surface area contributed by atoms with Gasteiger partial charge in [-0.3, -0.25) is 0 Å². The normalized spacial score (nSPS) is 18.8. The third-order valence-corrected chi connectivity index (χ3v) is 3.45. The van der Waals surface area contributed by atoms with Crippen LogP contribution < -0.4 is 5.73 Å². The lowest BCUT2D eigenvalue weighted by molar-refractivity contribution is -0.0685. The Labute approximate surface area is 102 Å². The number of halogens is 1. The molecule has 0 radical (unpaired) electrons. The average Bonchev–Trinajstić information content (AvgIpc) is 2.17. The van der Waals surface area contributed by atoms with Gasteiger partial charge >= 0.3 is 0 Å². The lowest BCUT2D eigenvalue weighted by Crippen LogP contribution is -2.49. The fourth-order valence-electron chi connectivity index (χ4n) is 2.24. The second-order valence-electron chi connectivity index (χ2n) is 5.74. The summed E-state index contributed by atoms with van der Waals surface area (Å²) in [4.78, 5) is 0. The van der Waals surface area contributed by atoms with Crippen molar-refractivity contribution < 1.29 is 9.13 Å². The molecule has 1 heterocycles. The molecule has 0 unspecified atom stereocenters. The summed E-state index contributed by atoms with van der Waals surface area (Å²) in [5, 5.41) is 0. The molecule has 1 aromatic rings. The lowest BCUT2D eigenvalue weighted by Gasteiger charge is -2.43. The van der Waals surface area contributed by atoms with Gasteiger partial charge in [-0.25, -0.2) is 4.39 Å². The van der Waals surface area contributed by atoms with Gasteiger partial charge in [0.25, 0.3) is 0 Å². The zero-order valence-corrected chi connectivity index (χ0v) is 10.5. The first-order valence-electron chi connectivity index (χ1n) is 6.05. The van der Waals surface area contributed by atoms with Crippen molar-refractivity contribution in [1.29, 1.82) is 0 Å². The maximum absolute atomic E-state index is 13.8. The Bertz CT molecular complexity index is 393. The largest absolute Gasteiger partial charge is 0.379 e. The maximum Gasteiger partial charge on any atom is 0.127 e. The highest BCUT2D eigenvalue weighted by Crippen LogP contribution is 2.39. The predicted molar refractivity (Wildman–Crippen MR) is 66.4 cm³/mol. The lowest BCUT2D eigenvalue weighted by atomic mass is 9.73. The Hall–Kier alpha value is -0.930. The number of nitrogens with two attached hydrogens (primary N) is 1. The Morgan fingerprint density at radius 2 is 2.00 bits per heavy atom. The first-order valence-corrected chi connectivity index (χ1v) is 6.05. The summed E-state index contributed by atoms with van der Waals surface area (Å²) in [7, 11) is 0. The zero-order chi connectivity index (χ0) is 12.5. The van der Waals surface area contributed by atoms with Gasteiger partial charge in [0.2, 0.25) is 0 Å². The zero-order valence-electron chi connectivity index (χ0n) is 10.5. The van der Waals surface area contributed by atoms with Gasteiger partial charge in [-0.1, -0.05) is 18.2 Å². The van der Waals surface area contributed by atoms with Crippen LogP contribution in [0.15, 0.2) is 24.3 Å². The fourth-order valence-corrected chi connectivity index (χ4v) is 2.24. The number of hydrogen-bond donors (Lipinski definition) is 1. The highest BCUT2D eigenvalue weighted by Gasteiger charge is 2.42. The molecule has 94 valence electrons. The highest BCUT2D eigenvalue weighted by atomic mass is 19.1. The molecule has 17 heavy (non-hydrogen) atoms. The average molecular weight is 237 g/mol. The fraction of sp³-hybridized carbons (Fsp3) is 0.571. The summed E-state index contributed by atoms with van der Waals surface area (Å²) in [5.74, 6) is -0.134. The first kappa shape index (κ1) is 12.5. The minimum atomic E-state index is -0.214. The third kappa shape index (κ3) is 2.67. The molecule has 2 nitrogen and oxygen atoms in total. The molecule has 0 atom stereocenters. The van der Waals surface area contributed by atoms with Crippen molar-refractivity contribution in [2.24, 2.45) is 5.73 Å². The van der Waals surface area contributed by atoms with Crippen molar-refractivity contribution >= 4 is 0 Å². The van der Waals surface area contributed by atoms with E-state index < -0.39 is 0 Å². The minimum Gasteiger partial charge on any atom is -0.379 e. The Balaban J connectivity index is 2.18. The molecule has 0 bridgehead atoms.